The van der Waals surface area contributed by atoms with Gasteiger partial charge in [-0.25, -0.2) is 0 Å². The van der Waals surface area contributed by atoms with Crippen molar-refractivity contribution >= 4 is 17.5 Å². The minimum atomic E-state index is 0.0565. The minimum Gasteiger partial charge on any atom is -0.496 e. The summed E-state index contributed by atoms with van der Waals surface area (Å²) in [6.07, 6.45) is 2.24. The maximum atomic E-state index is 11.5. The van der Waals surface area contributed by atoms with Crippen molar-refractivity contribution in [1.29, 1.82) is 0 Å². The summed E-state index contributed by atoms with van der Waals surface area (Å²) in [6, 6.07) is 7.66. The number of halogens is 1. The Labute approximate surface area is 107 Å². The first-order valence-electron chi connectivity index (χ1n) is 5.72. The number of para-hydroxylation sites is 1. The normalized spacial score (nSPS) is 10.0. The average molecular weight is 256 g/mol. The zero-order valence-corrected chi connectivity index (χ0v) is 10.8. The van der Waals surface area contributed by atoms with E-state index in [9.17, 15) is 4.79 Å². The highest BCUT2D eigenvalue weighted by Crippen LogP contribution is 2.16. The summed E-state index contributed by atoms with van der Waals surface area (Å²) in [6.45, 7) is 0.504. The van der Waals surface area contributed by atoms with E-state index in [4.69, 9.17) is 16.3 Å². The van der Waals surface area contributed by atoms with Gasteiger partial charge in [-0.15, -0.1) is 11.6 Å². The molecule has 1 aromatic carbocycles. The summed E-state index contributed by atoms with van der Waals surface area (Å²) in [4.78, 5) is 11.5. The molecule has 0 atom stereocenters. The first kappa shape index (κ1) is 13.8. The third kappa shape index (κ3) is 5.09. The summed E-state index contributed by atoms with van der Waals surface area (Å²) in [5.41, 5.74) is 0.987. The Bertz CT molecular complexity index is 355. The SMILES string of the molecule is COc1ccccc1CNC(=O)CCCCCl. The van der Waals surface area contributed by atoms with Crippen LogP contribution in [0.1, 0.15) is 24.8 Å². The van der Waals surface area contributed by atoms with E-state index >= 15 is 0 Å². The second-order valence-electron chi connectivity index (χ2n) is 3.73. The Morgan fingerprint density at radius 1 is 1.35 bits per heavy atom. The summed E-state index contributed by atoms with van der Waals surface area (Å²) < 4.78 is 5.21. The Kier molecular flexibility index (Phi) is 6.48. The van der Waals surface area contributed by atoms with Crippen LogP contribution < -0.4 is 10.1 Å². The van der Waals surface area contributed by atoms with Crippen molar-refractivity contribution in [1.82, 2.24) is 5.32 Å². The van der Waals surface area contributed by atoms with E-state index < -0.39 is 0 Å². The van der Waals surface area contributed by atoms with E-state index in [2.05, 4.69) is 5.32 Å². The number of benzene rings is 1. The smallest absolute Gasteiger partial charge is 0.220 e. The maximum absolute atomic E-state index is 11.5. The fourth-order valence-electron chi connectivity index (χ4n) is 1.51. The van der Waals surface area contributed by atoms with Crippen molar-refractivity contribution in [2.24, 2.45) is 0 Å². The van der Waals surface area contributed by atoms with Crippen LogP contribution in [0.3, 0.4) is 0 Å². The van der Waals surface area contributed by atoms with Crippen LogP contribution in [0.5, 0.6) is 5.75 Å². The van der Waals surface area contributed by atoms with Gasteiger partial charge in [-0.3, -0.25) is 4.79 Å². The van der Waals surface area contributed by atoms with Crippen molar-refractivity contribution in [3.05, 3.63) is 29.8 Å². The molecule has 0 aliphatic heterocycles. The van der Waals surface area contributed by atoms with E-state index in [1.165, 1.54) is 0 Å². The van der Waals surface area contributed by atoms with Crippen molar-refractivity contribution in [3.8, 4) is 5.75 Å². The molecule has 0 aliphatic rings. The van der Waals surface area contributed by atoms with Gasteiger partial charge in [0.05, 0.1) is 7.11 Å². The van der Waals surface area contributed by atoms with E-state index in [0.29, 0.717) is 18.8 Å². The van der Waals surface area contributed by atoms with Crippen molar-refractivity contribution < 1.29 is 9.53 Å². The molecule has 94 valence electrons. The highest BCUT2D eigenvalue weighted by Gasteiger charge is 2.04. The number of alkyl halides is 1. The Morgan fingerprint density at radius 3 is 2.82 bits per heavy atom. The van der Waals surface area contributed by atoms with Crippen LogP contribution >= 0.6 is 11.6 Å². The Balaban J connectivity index is 2.36. The van der Waals surface area contributed by atoms with Crippen molar-refractivity contribution in [3.63, 3.8) is 0 Å². The van der Waals surface area contributed by atoms with Gasteiger partial charge in [0, 0.05) is 24.4 Å². The quantitative estimate of drug-likeness (QED) is 0.601. The highest BCUT2D eigenvalue weighted by molar-refractivity contribution is 6.17. The van der Waals surface area contributed by atoms with Gasteiger partial charge in [-0.2, -0.15) is 0 Å². The first-order chi connectivity index (χ1) is 8.27. The molecule has 1 amide bonds. The second kappa shape index (κ2) is 7.96. The summed E-state index contributed by atoms with van der Waals surface area (Å²) in [5.74, 6) is 1.47. The Hall–Kier alpha value is -1.22. The molecule has 0 saturated carbocycles. The highest BCUT2D eigenvalue weighted by atomic mass is 35.5. The van der Waals surface area contributed by atoms with Crippen LogP contribution in [-0.4, -0.2) is 18.9 Å². The molecule has 0 bridgehead atoms. The lowest BCUT2D eigenvalue weighted by atomic mass is 10.2. The van der Waals surface area contributed by atoms with Crippen LogP contribution in [0, 0.1) is 0 Å². The molecule has 0 radical (unpaired) electrons. The lowest BCUT2D eigenvalue weighted by molar-refractivity contribution is -0.121. The average Bonchev–Trinajstić information content (AvgIpc) is 2.37. The molecule has 0 heterocycles. The number of nitrogens with one attached hydrogen (secondary N) is 1. The molecule has 4 heteroatoms. The first-order valence-corrected chi connectivity index (χ1v) is 6.26. The number of unbranched alkanes of at least 4 members (excludes halogenated alkanes) is 1. The van der Waals surface area contributed by atoms with Crippen molar-refractivity contribution in [2.45, 2.75) is 25.8 Å². The molecule has 0 aliphatic carbocycles. The van der Waals surface area contributed by atoms with Gasteiger partial charge in [-0.05, 0) is 18.9 Å². The molecule has 1 aromatic rings. The predicted octanol–water partition coefficient (Wildman–Crippen LogP) is 2.72. The van der Waals surface area contributed by atoms with E-state index in [0.717, 1.165) is 24.2 Å². The number of carbonyl (C=O) groups is 1. The topological polar surface area (TPSA) is 38.3 Å². The number of methoxy groups -OCH3 is 1. The van der Waals surface area contributed by atoms with Gasteiger partial charge in [0.15, 0.2) is 0 Å². The van der Waals surface area contributed by atoms with Gasteiger partial charge >= 0.3 is 0 Å². The predicted molar refractivity (Wildman–Crippen MR) is 69.4 cm³/mol. The number of amides is 1. The number of hydrogen-bond donors (Lipinski definition) is 1. The van der Waals surface area contributed by atoms with Gasteiger partial charge < -0.3 is 10.1 Å². The summed E-state index contributed by atoms with van der Waals surface area (Å²) >= 11 is 5.55. The summed E-state index contributed by atoms with van der Waals surface area (Å²) in [7, 11) is 1.63. The minimum absolute atomic E-state index is 0.0565. The number of rotatable bonds is 7. The molecule has 0 spiro atoms. The second-order valence-corrected chi connectivity index (χ2v) is 4.11. The van der Waals surface area contributed by atoms with E-state index in [-0.39, 0.29) is 5.91 Å². The van der Waals surface area contributed by atoms with Gasteiger partial charge in [0.2, 0.25) is 5.91 Å². The van der Waals surface area contributed by atoms with Crippen LogP contribution in [0.4, 0.5) is 0 Å². The molecular formula is C13H18ClNO2. The molecule has 0 aromatic heterocycles. The standard InChI is InChI=1S/C13H18ClNO2/c1-17-12-7-3-2-6-11(12)10-15-13(16)8-4-5-9-14/h2-3,6-7H,4-5,8-10H2,1H3,(H,15,16). The molecule has 1 N–H and O–H groups in total. The number of ether oxygens (including phenoxy) is 1. The van der Waals surface area contributed by atoms with Gasteiger partial charge in [-0.1, -0.05) is 18.2 Å². The molecule has 0 saturated heterocycles. The van der Waals surface area contributed by atoms with E-state index in [1.54, 1.807) is 7.11 Å². The molecule has 17 heavy (non-hydrogen) atoms. The molecule has 1 rings (SSSR count). The molecule has 3 nitrogen and oxygen atoms in total. The van der Waals surface area contributed by atoms with Gasteiger partial charge in [0.1, 0.15) is 5.75 Å². The van der Waals surface area contributed by atoms with Crippen LogP contribution in [-0.2, 0) is 11.3 Å². The van der Waals surface area contributed by atoms with Gasteiger partial charge in [0.25, 0.3) is 0 Å². The third-order valence-electron chi connectivity index (χ3n) is 2.46. The largest absolute Gasteiger partial charge is 0.496 e. The summed E-state index contributed by atoms with van der Waals surface area (Å²) in [5, 5.41) is 2.87. The van der Waals surface area contributed by atoms with Crippen LogP contribution in [0.25, 0.3) is 0 Å². The lowest BCUT2D eigenvalue weighted by Gasteiger charge is -2.09. The maximum Gasteiger partial charge on any atom is 0.220 e. The zero-order valence-electron chi connectivity index (χ0n) is 10.0. The fraction of sp³-hybridized carbons (Fsp3) is 0.462. The molecule has 0 fully saturated rings. The fourth-order valence-corrected chi connectivity index (χ4v) is 1.70. The van der Waals surface area contributed by atoms with Crippen LogP contribution in [0.15, 0.2) is 24.3 Å². The van der Waals surface area contributed by atoms with Crippen molar-refractivity contribution in [2.75, 3.05) is 13.0 Å². The molecule has 0 unspecified atom stereocenters. The van der Waals surface area contributed by atoms with E-state index in [1.807, 2.05) is 24.3 Å². The number of hydrogen-bond acceptors (Lipinski definition) is 2. The van der Waals surface area contributed by atoms with Crippen LogP contribution in [0.2, 0.25) is 0 Å². The number of carbonyl (C=O) groups excluding carboxylic acids is 1. The monoisotopic (exact) mass is 255 g/mol. The zero-order chi connectivity index (χ0) is 12.5. The molecular weight excluding hydrogens is 238 g/mol. The lowest BCUT2D eigenvalue weighted by Crippen LogP contribution is -2.22. The Morgan fingerprint density at radius 2 is 2.12 bits per heavy atom. The third-order valence-corrected chi connectivity index (χ3v) is 2.72.